The Hall–Kier alpha value is -0.520. The molecule has 0 aromatic rings. The predicted molar refractivity (Wildman–Crippen MR) is 42.7 cm³/mol. The Bertz CT molecular complexity index is 137. The Morgan fingerprint density at radius 2 is 2.60 bits per heavy atom. The highest BCUT2D eigenvalue weighted by Gasteiger charge is 2.09. The zero-order valence-corrected chi connectivity index (χ0v) is 6.41. The Labute approximate surface area is 62.4 Å². The molecule has 0 saturated carbocycles. The normalized spacial score (nSPS) is 23.9. The molecule has 1 aliphatic rings. The van der Waals surface area contributed by atoms with Gasteiger partial charge in [0.15, 0.2) is 0 Å². The van der Waals surface area contributed by atoms with E-state index in [1.54, 1.807) is 0 Å². The first kappa shape index (κ1) is 7.59. The molecule has 0 bridgehead atoms. The van der Waals surface area contributed by atoms with Crippen LogP contribution in [0.5, 0.6) is 0 Å². The standard InChI is InChI=1S/C8H14N2/c1-9-6-2-4-8-5-3-7-10-8/h8-10H,3,5-7H2,1H3. The zero-order valence-electron chi connectivity index (χ0n) is 6.41. The van der Waals surface area contributed by atoms with E-state index in [1.807, 2.05) is 7.05 Å². The lowest BCUT2D eigenvalue weighted by Gasteiger charge is -1.96. The van der Waals surface area contributed by atoms with Crippen molar-refractivity contribution in [1.29, 1.82) is 0 Å². The van der Waals surface area contributed by atoms with Crippen LogP contribution in [-0.4, -0.2) is 26.2 Å². The molecule has 1 unspecified atom stereocenters. The summed E-state index contributed by atoms with van der Waals surface area (Å²) >= 11 is 0. The van der Waals surface area contributed by atoms with Gasteiger partial charge in [-0.2, -0.15) is 0 Å². The second-order valence-corrected chi connectivity index (χ2v) is 2.50. The SMILES string of the molecule is CNCC#CC1CCCN1. The van der Waals surface area contributed by atoms with E-state index in [0.717, 1.165) is 13.1 Å². The lowest BCUT2D eigenvalue weighted by atomic mass is 10.2. The lowest BCUT2D eigenvalue weighted by Crippen LogP contribution is -2.19. The fourth-order valence-electron chi connectivity index (χ4n) is 1.07. The summed E-state index contributed by atoms with van der Waals surface area (Å²) in [5.74, 6) is 6.21. The van der Waals surface area contributed by atoms with Crippen molar-refractivity contribution in [3.05, 3.63) is 0 Å². The van der Waals surface area contributed by atoms with Crippen LogP contribution in [0.2, 0.25) is 0 Å². The third-order valence-electron chi connectivity index (χ3n) is 1.60. The van der Waals surface area contributed by atoms with Gasteiger partial charge in [-0.1, -0.05) is 11.8 Å². The van der Waals surface area contributed by atoms with Crippen LogP contribution in [0, 0.1) is 11.8 Å². The molecule has 10 heavy (non-hydrogen) atoms. The molecule has 1 fully saturated rings. The number of hydrogen-bond donors (Lipinski definition) is 2. The minimum atomic E-state index is 0.466. The van der Waals surface area contributed by atoms with Crippen LogP contribution in [0.15, 0.2) is 0 Å². The molecule has 2 N–H and O–H groups in total. The maximum atomic E-state index is 3.31. The molecule has 0 aliphatic carbocycles. The van der Waals surface area contributed by atoms with Crippen molar-refractivity contribution in [2.24, 2.45) is 0 Å². The van der Waals surface area contributed by atoms with E-state index in [-0.39, 0.29) is 0 Å². The third kappa shape index (κ3) is 2.38. The maximum absolute atomic E-state index is 3.31. The van der Waals surface area contributed by atoms with Crippen LogP contribution in [-0.2, 0) is 0 Å². The molecule has 0 amide bonds. The molecular formula is C8H14N2. The number of hydrogen-bond acceptors (Lipinski definition) is 2. The topological polar surface area (TPSA) is 24.1 Å². The molecule has 0 aromatic heterocycles. The largest absolute Gasteiger partial charge is 0.309 e. The highest BCUT2D eigenvalue weighted by Crippen LogP contribution is 2.02. The van der Waals surface area contributed by atoms with Crippen molar-refractivity contribution in [2.45, 2.75) is 18.9 Å². The molecule has 1 aliphatic heterocycles. The smallest absolute Gasteiger partial charge is 0.0690 e. The monoisotopic (exact) mass is 138 g/mol. The minimum absolute atomic E-state index is 0.466. The van der Waals surface area contributed by atoms with Crippen LogP contribution in [0.25, 0.3) is 0 Å². The third-order valence-corrected chi connectivity index (χ3v) is 1.60. The summed E-state index contributed by atoms with van der Waals surface area (Å²) in [5.41, 5.74) is 0. The quantitative estimate of drug-likeness (QED) is 0.497. The Morgan fingerprint density at radius 3 is 3.20 bits per heavy atom. The molecule has 0 radical (unpaired) electrons. The summed E-state index contributed by atoms with van der Waals surface area (Å²) in [4.78, 5) is 0. The van der Waals surface area contributed by atoms with Gasteiger partial charge in [-0.05, 0) is 26.4 Å². The number of nitrogens with one attached hydrogen (secondary N) is 2. The van der Waals surface area contributed by atoms with Crippen LogP contribution in [0.3, 0.4) is 0 Å². The Balaban J connectivity index is 2.17. The van der Waals surface area contributed by atoms with Crippen LogP contribution in [0.1, 0.15) is 12.8 Å². The summed E-state index contributed by atoms with van der Waals surface area (Å²) in [6.45, 7) is 1.94. The van der Waals surface area contributed by atoms with Crippen molar-refractivity contribution >= 4 is 0 Å². The molecule has 2 nitrogen and oxygen atoms in total. The highest BCUT2D eigenvalue weighted by atomic mass is 14.9. The zero-order chi connectivity index (χ0) is 7.23. The Morgan fingerprint density at radius 1 is 1.70 bits per heavy atom. The van der Waals surface area contributed by atoms with Gasteiger partial charge in [0.1, 0.15) is 0 Å². The van der Waals surface area contributed by atoms with Gasteiger partial charge in [0.25, 0.3) is 0 Å². The summed E-state index contributed by atoms with van der Waals surface area (Å²) in [5, 5.41) is 6.30. The van der Waals surface area contributed by atoms with Crippen molar-refractivity contribution in [1.82, 2.24) is 10.6 Å². The van der Waals surface area contributed by atoms with Crippen LogP contribution >= 0.6 is 0 Å². The van der Waals surface area contributed by atoms with Crippen molar-refractivity contribution in [3.63, 3.8) is 0 Å². The fourth-order valence-corrected chi connectivity index (χ4v) is 1.07. The van der Waals surface area contributed by atoms with Crippen molar-refractivity contribution in [3.8, 4) is 11.8 Å². The van der Waals surface area contributed by atoms with Crippen molar-refractivity contribution in [2.75, 3.05) is 20.1 Å². The van der Waals surface area contributed by atoms with E-state index in [4.69, 9.17) is 0 Å². The van der Waals surface area contributed by atoms with Gasteiger partial charge in [-0.25, -0.2) is 0 Å². The molecule has 1 saturated heterocycles. The first-order chi connectivity index (χ1) is 4.93. The van der Waals surface area contributed by atoms with Gasteiger partial charge in [0.2, 0.25) is 0 Å². The van der Waals surface area contributed by atoms with Crippen LogP contribution in [0.4, 0.5) is 0 Å². The number of rotatable bonds is 1. The van der Waals surface area contributed by atoms with Crippen LogP contribution < -0.4 is 10.6 Å². The summed E-state index contributed by atoms with van der Waals surface area (Å²) < 4.78 is 0. The molecule has 2 heteroatoms. The van der Waals surface area contributed by atoms with E-state index in [9.17, 15) is 0 Å². The van der Waals surface area contributed by atoms with Crippen molar-refractivity contribution < 1.29 is 0 Å². The highest BCUT2D eigenvalue weighted by molar-refractivity contribution is 5.10. The molecule has 1 heterocycles. The second-order valence-electron chi connectivity index (χ2n) is 2.50. The molecule has 1 rings (SSSR count). The van der Waals surface area contributed by atoms with Gasteiger partial charge in [-0.15, -0.1) is 0 Å². The van der Waals surface area contributed by atoms with E-state index >= 15 is 0 Å². The predicted octanol–water partition coefficient (Wildman–Crippen LogP) is -0.0388. The first-order valence-electron chi connectivity index (χ1n) is 3.80. The van der Waals surface area contributed by atoms with Gasteiger partial charge >= 0.3 is 0 Å². The van der Waals surface area contributed by atoms with E-state index in [2.05, 4.69) is 22.5 Å². The second kappa shape index (κ2) is 4.32. The molecule has 56 valence electrons. The van der Waals surface area contributed by atoms with E-state index < -0.39 is 0 Å². The molecule has 0 spiro atoms. The van der Waals surface area contributed by atoms with E-state index in [1.165, 1.54) is 12.8 Å². The first-order valence-corrected chi connectivity index (χ1v) is 3.80. The van der Waals surface area contributed by atoms with Gasteiger partial charge in [-0.3, -0.25) is 0 Å². The lowest BCUT2D eigenvalue weighted by molar-refractivity contribution is 0.747. The maximum Gasteiger partial charge on any atom is 0.0690 e. The Kier molecular flexibility index (Phi) is 3.28. The average molecular weight is 138 g/mol. The summed E-state index contributed by atoms with van der Waals surface area (Å²) in [6, 6.07) is 0.466. The summed E-state index contributed by atoms with van der Waals surface area (Å²) in [7, 11) is 1.91. The molecular weight excluding hydrogens is 124 g/mol. The van der Waals surface area contributed by atoms with Gasteiger partial charge in [0.05, 0.1) is 12.6 Å². The molecule has 1 atom stereocenters. The minimum Gasteiger partial charge on any atom is -0.309 e. The molecule has 0 aromatic carbocycles. The summed E-state index contributed by atoms with van der Waals surface area (Å²) in [6.07, 6.45) is 2.50. The fraction of sp³-hybridized carbons (Fsp3) is 0.750. The van der Waals surface area contributed by atoms with E-state index in [0.29, 0.717) is 6.04 Å². The average Bonchev–Trinajstić information content (AvgIpc) is 2.41. The van der Waals surface area contributed by atoms with Gasteiger partial charge in [0, 0.05) is 0 Å². The van der Waals surface area contributed by atoms with Gasteiger partial charge < -0.3 is 10.6 Å².